The van der Waals surface area contributed by atoms with Crippen LogP contribution in [0.3, 0.4) is 0 Å². The van der Waals surface area contributed by atoms with E-state index in [0.29, 0.717) is 5.39 Å². The van der Waals surface area contributed by atoms with E-state index in [1.54, 1.807) is 25.3 Å². The van der Waals surface area contributed by atoms with E-state index in [1.807, 2.05) is 36.4 Å². The third-order valence-electron chi connectivity index (χ3n) is 3.53. The number of ether oxygens (including phenoxy) is 1. The van der Waals surface area contributed by atoms with Crippen LogP contribution in [0.5, 0.6) is 5.75 Å². The summed E-state index contributed by atoms with van der Waals surface area (Å²) in [5.41, 5.74) is 1.71. The lowest BCUT2D eigenvalue weighted by Gasteiger charge is -2.01. The summed E-state index contributed by atoms with van der Waals surface area (Å²) in [4.78, 5) is 10.8. The molecule has 0 amide bonds. The molecular weight excluding hydrogens is 290 g/mol. The lowest BCUT2D eigenvalue weighted by molar-refractivity contribution is -0.383. The molecule has 0 bridgehead atoms. The van der Waals surface area contributed by atoms with Gasteiger partial charge in [-0.2, -0.15) is 0 Å². The largest absolute Gasteiger partial charge is 0.497 e. The Balaban J connectivity index is 2.05. The minimum Gasteiger partial charge on any atom is -0.497 e. The molecule has 0 unspecified atom stereocenters. The summed E-state index contributed by atoms with van der Waals surface area (Å²) < 4.78 is 5.11. The maximum absolute atomic E-state index is 11.1. The van der Waals surface area contributed by atoms with Crippen molar-refractivity contribution in [3.63, 3.8) is 0 Å². The second-order valence-electron chi connectivity index (χ2n) is 4.91. The van der Waals surface area contributed by atoms with Gasteiger partial charge in [0.25, 0.3) is 5.69 Å². The number of nitro groups is 1. The highest BCUT2D eigenvalue weighted by molar-refractivity contribution is 5.94. The zero-order valence-electron chi connectivity index (χ0n) is 12.4. The zero-order valence-corrected chi connectivity index (χ0v) is 12.4. The average molecular weight is 303 g/mol. The monoisotopic (exact) mass is 303 g/mol. The Morgan fingerprint density at radius 1 is 0.913 bits per heavy atom. The van der Waals surface area contributed by atoms with Gasteiger partial charge in [0.15, 0.2) is 0 Å². The quantitative estimate of drug-likeness (QED) is 0.406. The van der Waals surface area contributed by atoms with Gasteiger partial charge in [-0.05, 0) is 36.4 Å². The van der Waals surface area contributed by atoms with E-state index in [0.717, 1.165) is 22.3 Å². The van der Waals surface area contributed by atoms with Crippen LogP contribution in [0.1, 0.15) is 11.1 Å². The zero-order chi connectivity index (χ0) is 16.2. The van der Waals surface area contributed by atoms with Crippen LogP contribution in [-0.2, 0) is 0 Å². The Morgan fingerprint density at radius 3 is 2.30 bits per heavy atom. The molecule has 0 fully saturated rings. The Labute approximate surface area is 133 Å². The highest BCUT2D eigenvalue weighted by atomic mass is 16.6. The lowest BCUT2D eigenvalue weighted by atomic mass is 10.0. The number of nitro benzene ring substituents is 1. The molecule has 0 saturated heterocycles. The fourth-order valence-electron chi connectivity index (χ4n) is 2.38. The first-order chi connectivity index (χ1) is 11.2. The van der Waals surface area contributed by atoms with Crippen LogP contribution in [0.25, 0.3) is 10.8 Å². The number of non-ortho nitro benzene ring substituents is 1. The summed E-state index contributed by atoms with van der Waals surface area (Å²) in [7, 11) is 1.61. The normalized spacial score (nSPS) is 9.96. The number of rotatable bonds is 2. The molecule has 0 heterocycles. The Hall–Kier alpha value is -3.32. The molecular formula is C19H13NO3. The van der Waals surface area contributed by atoms with Crippen molar-refractivity contribution in [3.05, 3.63) is 81.9 Å². The van der Waals surface area contributed by atoms with Gasteiger partial charge < -0.3 is 4.74 Å². The molecule has 0 aliphatic rings. The Bertz CT molecular complexity index is 934. The first kappa shape index (κ1) is 14.6. The van der Waals surface area contributed by atoms with E-state index in [1.165, 1.54) is 6.07 Å². The smallest absolute Gasteiger partial charge is 0.277 e. The summed E-state index contributed by atoms with van der Waals surface area (Å²) in [6, 6.07) is 17.9. The number of nitrogens with zero attached hydrogens (tertiary/aromatic N) is 1. The van der Waals surface area contributed by atoms with E-state index in [4.69, 9.17) is 4.74 Å². The standard InChI is InChI=1S/C19H13NO3/c1-23-16-12-9-14(10-13-16)8-11-15-4-2-6-18-17(15)5-3-7-19(18)20(21)22/h2-7,9-10,12-13H,1H3. The van der Waals surface area contributed by atoms with Crippen LogP contribution in [0.2, 0.25) is 0 Å². The number of benzene rings is 3. The van der Waals surface area contributed by atoms with Crippen LogP contribution in [-0.4, -0.2) is 12.0 Å². The molecule has 0 N–H and O–H groups in total. The topological polar surface area (TPSA) is 52.4 Å². The van der Waals surface area contributed by atoms with E-state index in [-0.39, 0.29) is 10.6 Å². The van der Waals surface area contributed by atoms with Gasteiger partial charge in [0.1, 0.15) is 5.75 Å². The molecule has 0 aliphatic heterocycles. The average Bonchev–Trinajstić information content (AvgIpc) is 2.59. The summed E-state index contributed by atoms with van der Waals surface area (Å²) in [5, 5.41) is 12.5. The molecule has 3 aromatic carbocycles. The van der Waals surface area contributed by atoms with Crippen molar-refractivity contribution < 1.29 is 9.66 Å². The van der Waals surface area contributed by atoms with Gasteiger partial charge in [0.05, 0.1) is 17.4 Å². The third-order valence-corrected chi connectivity index (χ3v) is 3.53. The molecule has 23 heavy (non-hydrogen) atoms. The van der Waals surface area contributed by atoms with Gasteiger partial charge in [-0.25, -0.2) is 0 Å². The highest BCUT2D eigenvalue weighted by Crippen LogP contribution is 2.27. The van der Waals surface area contributed by atoms with Crippen LogP contribution < -0.4 is 4.74 Å². The molecule has 112 valence electrons. The van der Waals surface area contributed by atoms with Crippen molar-refractivity contribution in [2.24, 2.45) is 0 Å². The second kappa shape index (κ2) is 6.20. The van der Waals surface area contributed by atoms with Crippen molar-refractivity contribution in [2.75, 3.05) is 7.11 Å². The maximum atomic E-state index is 11.1. The van der Waals surface area contributed by atoms with E-state index in [9.17, 15) is 10.1 Å². The summed E-state index contributed by atoms with van der Waals surface area (Å²) >= 11 is 0. The molecule has 0 radical (unpaired) electrons. The van der Waals surface area contributed by atoms with Crippen molar-refractivity contribution >= 4 is 16.5 Å². The summed E-state index contributed by atoms with van der Waals surface area (Å²) in [6.45, 7) is 0. The van der Waals surface area contributed by atoms with Crippen molar-refractivity contribution in [1.82, 2.24) is 0 Å². The minimum atomic E-state index is -0.372. The minimum absolute atomic E-state index is 0.0931. The van der Waals surface area contributed by atoms with Crippen molar-refractivity contribution in [2.45, 2.75) is 0 Å². The van der Waals surface area contributed by atoms with Crippen molar-refractivity contribution in [3.8, 4) is 17.6 Å². The fraction of sp³-hybridized carbons (Fsp3) is 0.0526. The SMILES string of the molecule is COc1ccc(C#Cc2cccc3c([N+](=O)[O-])cccc23)cc1. The molecule has 4 nitrogen and oxygen atoms in total. The molecule has 0 saturated carbocycles. The Morgan fingerprint density at radius 2 is 1.61 bits per heavy atom. The molecule has 3 aromatic rings. The van der Waals surface area contributed by atoms with Gasteiger partial charge in [0, 0.05) is 22.6 Å². The predicted octanol–water partition coefficient (Wildman–Crippen LogP) is 4.16. The third kappa shape index (κ3) is 2.99. The highest BCUT2D eigenvalue weighted by Gasteiger charge is 2.11. The molecule has 0 spiro atoms. The van der Waals surface area contributed by atoms with Gasteiger partial charge in [-0.15, -0.1) is 0 Å². The number of hydrogen-bond acceptors (Lipinski definition) is 3. The Kier molecular flexibility index (Phi) is 3.94. The second-order valence-corrected chi connectivity index (χ2v) is 4.91. The van der Waals surface area contributed by atoms with Crippen LogP contribution in [0.4, 0.5) is 5.69 Å². The van der Waals surface area contributed by atoms with Gasteiger partial charge >= 0.3 is 0 Å². The molecule has 0 aliphatic carbocycles. The van der Waals surface area contributed by atoms with Crippen LogP contribution in [0, 0.1) is 22.0 Å². The van der Waals surface area contributed by atoms with Crippen LogP contribution in [0.15, 0.2) is 60.7 Å². The first-order valence-corrected chi connectivity index (χ1v) is 7.01. The van der Waals surface area contributed by atoms with Crippen LogP contribution >= 0.6 is 0 Å². The molecule has 4 heteroatoms. The predicted molar refractivity (Wildman–Crippen MR) is 89.6 cm³/mol. The van der Waals surface area contributed by atoms with E-state index < -0.39 is 0 Å². The number of methoxy groups -OCH3 is 1. The first-order valence-electron chi connectivity index (χ1n) is 7.01. The molecule has 0 atom stereocenters. The lowest BCUT2D eigenvalue weighted by Crippen LogP contribution is -1.90. The fourth-order valence-corrected chi connectivity index (χ4v) is 2.38. The molecule has 3 rings (SSSR count). The number of hydrogen-bond donors (Lipinski definition) is 0. The van der Waals surface area contributed by atoms with Gasteiger partial charge in [0.2, 0.25) is 0 Å². The van der Waals surface area contributed by atoms with Crippen molar-refractivity contribution in [1.29, 1.82) is 0 Å². The van der Waals surface area contributed by atoms with E-state index in [2.05, 4.69) is 11.8 Å². The number of fused-ring (bicyclic) bond motifs is 1. The van der Waals surface area contributed by atoms with Gasteiger partial charge in [-0.1, -0.05) is 30.0 Å². The maximum Gasteiger partial charge on any atom is 0.277 e. The molecule has 0 aromatic heterocycles. The summed E-state index contributed by atoms with van der Waals surface area (Å²) in [6.07, 6.45) is 0. The summed E-state index contributed by atoms with van der Waals surface area (Å²) in [5.74, 6) is 6.95. The van der Waals surface area contributed by atoms with E-state index >= 15 is 0 Å². The van der Waals surface area contributed by atoms with Gasteiger partial charge in [-0.3, -0.25) is 10.1 Å².